The van der Waals surface area contributed by atoms with Crippen LogP contribution in [0.25, 0.3) is 0 Å². The summed E-state index contributed by atoms with van der Waals surface area (Å²) >= 11 is 3.72. The van der Waals surface area contributed by atoms with Gasteiger partial charge in [0.15, 0.2) is 0 Å². The molecule has 2 aliphatic rings. The first kappa shape index (κ1) is 21.1. The van der Waals surface area contributed by atoms with Gasteiger partial charge in [0.25, 0.3) is 0 Å². The van der Waals surface area contributed by atoms with E-state index in [4.69, 9.17) is 4.99 Å². The number of hydrogen-bond donors (Lipinski definition) is 1. The van der Waals surface area contributed by atoms with E-state index in [0.717, 1.165) is 0 Å². The molecule has 2 fully saturated rings. The maximum absolute atomic E-state index is 5.48. The van der Waals surface area contributed by atoms with Gasteiger partial charge in [0, 0.05) is 0 Å². The number of amidine groups is 1. The summed E-state index contributed by atoms with van der Waals surface area (Å²) in [6.07, 6.45) is 13.1. The molecule has 0 spiro atoms. The number of nitrogens with one attached hydrogen (secondary N) is 1. The van der Waals surface area contributed by atoms with Gasteiger partial charge in [-0.2, -0.15) is 0 Å². The van der Waals surface area contributed by atoms with Gasteiger partial charge >= 0.3 is 184 Å². The van der Waals surface area contributed by atoms with Crippen molar-refractivity contribution in [3.05, 3.63) is 60.7 Å². The third kappa shape index (κ3) is 5.13. The summed E-state index contributed by atoms with van der Waals surface area (Å²) < 4.78 is 0. The zero-order valence-electron chi connectivity index (χ0n) is 17.3. The first-order chi connectivity index (χ1) is 14.3. The summed E-state index contributed by atoms with van der Waals surface area (Å²) in [6, 6.07) is 23.1. The van der Waals surface area contributed by atoms with Crippen LogP contribution >= 0.6 is 5.51 Å². The van der Waals surface area contributed by atoms with Gasteiger partial charge < -0.3 is 0 Å². The first-order valence-electron chi connectivity index (χ1n) is 11.3. The Morgan fingerprint density at radius 3 is 1.72 bits per heavy atom. The fourth-order valence-electron chi connectivity index (χ4n) is 4.69. The van der Waals surface area contributed by atoms with E-state index in [2.05, 4.69) is 81.1 Å². The number of hydrogen-bond acceptors (Lipinski definition) is 1. The van der Waals surface area contributed by atoms with E-state index in [0.29, 0.717) is 12.1 Å². The first-order valence-corrected chi connectivity index (χ1v) is 15.3. The topological polar surface area (TPSA) is 24.4 Å². The van der Waals surface area contributed by atoms with Gasteiger partial charge in [-0.25, -0.2) is 0 Å². The summed E-state index contributed by atoms with van der Waals surface area (Å²) in [4.78, 5) is 5.48. The SMILES string of the molecule is [Se]=P(C(=NC1CCCCC1)NC1CCCCC1)(c1ccccc1)c1ccccc1. The van der Waals surface area contributed by atoms with Crippen molar-refractivity contribution in [3.63, 3.8) is 0 Å². The van der Waals surface area contributed by atoms with Gasteiger partial charge in [0.2, 0.25) is 0 Å². The number of benzene rings is 2. The van der Waals surface area contributed by atoms with Crippen LogP contribution in [0.3, 0.4) is 0 Å². The second kappa shape index (κ2) is 10.3. The molecule has 0 amide bonds. The minimum atomic E-state index is -1.90. The Bertz CT molecular complexity index is 794. The van der Waals surface area contributed by atoms with Gasteiger partial charge in [0.05, 0.1) is 0 Å². The molecule has 29 heavy (non-hydrogen) atoms. The maximum atomic E-state index is 5.48. The normalized spacial score (nSPS) is 19.8. The average molecular weight is 471 g/mol. The van der Waals surface area contributed by atoms with Gasteiger partial charge in [-0.1, -0.05) is 0 Å². The van der Waals surface area contributed by atoms with Gasteiger partial charge in [0.1, 0.15) is 0 Å². The summed E-state index contributed by atoms with van der Waals surface area (Å²) in [6.45, 7) is 0. The van der Waals surface area contributed by atoms with E-state index >= 15 is 0 Å². The Hall–Kier alpha value is -1.14. The summed E-state index contributed by atoms with van der Waals surface area (Å²) in [5.74, 6) is 0. The van der Waals surface area contributed by atoms with E-state index < -0.39 is 5.51 Å². The molecule has 0 aromatic heterocycles. The van der Waals surface area contributed by atoms with E-state index in [1.54, 1.807) is 0 Å². The van der Waals surface area contributed by atoms with E-state index in [-0.39, 0.29) is 0 Å². The zero-order chi connectivity index (χ0) is 19.9. The van der Waals surface area contributed by atoms with Crippen LogP contribution in [0.1, 0.15) is 64.2 Å². The van der Waals surface area contributed by atoms with E-state index in [9.17, 15) is 0 Å². The third-order valence-corrected chi connectivity index (χ3v) is 13.0. The molecule has 1 N–H and O–H groups in total. The van der Waals surface area contributed by atoms with Crippen molar-refractivity contribution in [1.29, 1.82) is 0 Å². The minimum absolute atomic E-state index is 0.468. The zero-order valence-corrected chi connectivity index (χ0v) is 19.9. The summed E-state index contributed by atoms with van der Waals surface area (Å²) in [5.41, 5.74) is -0.659. The molecule has 0 heterocycles. The molecular weight excluding hydrogens is 438 g/mol. The molecule has 2 nitrogen and oxygen atoms in total. The average Bonchev–Trinajstić information content (AvgIpc) is 2.81. The van der Waals surface area contributed by atoms with Crippen LogP contribution in [0.15, 0.2) is 65.7 Å². The van der Waals surface area contributed by atoms with Crippen molar-refractivity contribution in [2.75, 3.05) is 0 Å². The Morgan fingerprint density at radius 1 is 0.724 bits per heavy atom. The number of aliphatic imine (C=N–C) groups is 1. The Kier molecular flexibility index (Phi) is 7.46. The van der Waals surface area contributed by atoms with Gasteiger partial charge in [-0.3, -0.25) is 0 Å². The molecule has 0 unspecified atom stereocenters. The number of nitrogens with zero attached hydrogens (tertiary/aromatic N) is 1. The molecule has 2 aromatic rings. The number of rotatable bonds is 5. The third-order valence-electron chi connectivity index (χ3n) is 6.36. The van der Waals surface area contributed by atoms with Crippen molar-refractivity contribution in [2.24, 2.45) is 4.99 Å². The van der Waals surface area contributed by atoms with Crippen molar-refractivity contribution in [3.8, 4) is 0 Å². The molecular formula is C25H33N2PSe. The van der Waals surface area contributed by atoms with Crippen molar-refractivity contribution >= 4 is 36.8 Å². The Labute approximate surface area is 183 Å². The molecule has 0 bridgehead atoms. The van der Waals surface area contributed by atoms with Crippen LogP contribution in [-0.4, -0.2) is 32.8 Å². The molecule has 0 aliphatic heterocycles. The van der Waals surface area contributed by atoms with Crippen LogP contribution in [0, 0.1) is 0 Å². The molecule has 154 valence electrons. The molecule has 4 heteroatoms. The van der Waals surface area contributed by atoms with Crippen LogP contribution in [-0.2, 0) is 0 Å². The molecule has 2 aromatic carbocycles. The quantitative estimate of drug-likeness (QED) is 0.270. The second-order valence-electron chi connectivity index (χ2n) is 8.50. The fraction of sp³-hybridized carbons (Fsp3) is 0.480. The van der Waals surface area contributed by atoms with Crippen molar-refractivity contribution < 1.29 is 0 Å². The molecule has 0 atom stereocenters. The van der Waals surface area contributed by atoms with E-state index in [1.807, 2.05) is 0 Å². The molecule has 2 aliphatic carbocycles. The molecule has 4 rings (SSSR count). The molecule has 0 radical (unpaired) electrons. The van der Waals surface area contributed by atoms with Gasteiger partial charge in [-0.15, -0.1) is 0 Å². The summed E-state index contributed by atoms with van der Waals surface area (Å²) in [7, 11) is 0. The van der Waals surface area contributed by atoms with Crippen molar-refractivity contribution in [2.45, 2.75) is 76.3 Å². The fourth-order valence-corrected chi connectivity index (χ4v) is 9.51. The van der Waals surface area contributed by atoms with Crippen LogP contribution in [0.4, 0.5) is 0 Å². The van der Waals surface area contributed by atoms with Crippen LogP contribution in [0.2, 0.25) is 0 Å². The predicted octanol–water partition coefficient (Wildman–Crippen LogP) is 5.35. The Balaban J connectivity index is 1.78. The monoisotopic (exact) mass is 472 g/mol. The standard InChI is InChI=1S/C25H33N2PSe/c29-28(23-17-9-3-10-18-23,24-19-11-4-12-20-24)25(26-21-13-5-1-6-14-21)27-22-15-7-2-8-16-22/h3-4,9-12,17-22H,1-2,5-8,13-16H2,(H,26,27). The second-order valence-corrected chi connectivity index (χ2v) is 14.6. The Morgan fingerprint density at radius 2 is 1.21 bits per heavy atom. The predicted molar refractivity (Wildman–Crippen MR) is 129 cm³/mol. The van der Waals surface area contributed by atoms with Gasteiger partial charge in [-0.05, 0) is 0 Å². The van der Waals surface area contributed by atoms with Crippen molar-refractivity contribution in [1.82, 2.24) is 5.32 Å². The molecule has 2 saturated carbocycles. The van der Waals surface area contributed by atoms with Crippen LogP contribution in [0.5, 0.6) is 0 Å². The molecule has 0 saturated heterocycles. The summed E-state index contributed by atoms with van der Waals surface area (Å²) in [5, 5.41) is 6.77. The van der Waals surface area contributed by atoms with Crippen LogP contribution < -0.4 is 15.9 Å². The van der Waals surface area contributed by atoms with E-state index in [1.165, 1.54) is 80.4 Å².